The molecule has 2 aromatic carbocycles. The van der Waals surface area contributed by atoms with Crippen LogP contribution in [0.4, 0.5) is 4.39 Å². The second-order valence-electron chi connectivity index (χ2n) is 5.84. The van der Waals surface area contributed by atoms with Crippen molar-refractivity contribution < 1.29 is 9.18 Å². The molecule has 124 valence electrons. The maximum Gasteiger partial charge on any atom is 0.171 e. The first-order chi connectivity index (χ1) is 12.2. The number of Topliss-reactive ketones (excluding diaryl/α,β-unsaturated/α-hetero) is 1. The number of aromatic nitrogens is 2. The molecular formula is C20H15FN2OS. The number of thiazole rings is 1. The van der Waals surface area contributed by atoms with E-state index in [2.05, 4.69) is 4.98 Å². The third kappa shape index (κ3) is 3.23. The zero-order valence-corrected chi connectivity index (χ0v) is 14.2. The predicted molar refractivity (Wildman–Crippen MR) is 97.6 cm³/mol. The van der Waals surface area contributed by atoms with Gasteiger partial charge in [0.15, 0.2) is 5.78 Å². The molecule has 0 bridgehead atoms. The van der Waals surface area contributed by atoms with Crippen LogP contribution in [-0.2, 0) is 13.0 Å². The minimum absolute atomic E-state index is 0.0593. The highest BCUT2D eigenvalue weighted by Gasteiger charge is 2.16. The van der Waals surface area contributed by atoms with E-state index in [-0.39, 0.29) is 11.6 Å². The normalized spacial score (nSPS) is 11.1. The number of hydrogen-bond acceptors (Lipinski definition) is 3. The summed E-state index contributed by atoms with van der Waals surface area (Å²) >= 11 is 1.49. The number of rotatable bonds is 5. The van der Waals surface area contributed by atoms with Gasteiger partial charge in [0.1, 0.15) is 10.8 Å². The number of hydrogen-bond donors (Lipinski definition) is 0. The van der Waals surface area contributed by atoms with Crippen molar-refractivity contribution in [1.29, 1.82) is 0 Å². The topological polar surface area (TPSA) is 34.9 Å². The van der Waals surface area contributed by atoms with Gasteiger partial charge in [0.05, 0.1) is 6.42 Å². The number of para-hydroxylation sites is 1. The minimum atomic E-state index is -0.250. The van der Waals surface area contributed by atoms with Gasteiger partial charge in [0.25, 0.3) is 0 Å². The molecule has 0 saturated carbocycles. The first kappa shape index (κ1) is 15.7. The summed E-state index contributed by atoms with van der Waals surface area (Å²) in [5.74, 6) is -0.190. The molecule has 0 saturated heterocycles. The Bertz CT molecular complexity index is 1020. The molecule has 0 aliphatic heterocycles. The zero-order chi connectivity index (χ0) is 17.2. The van der Waals surface area contributed by atoms with Crippen LogP contribution in [0.5, 0.6) is 0 Å². The summed E-state index contributed by atoms with van der Waals surface area (Å²) in [5.41, 5.74) is 2.68. The number of nitrogens with zero attached hydrogens (tertiary/aromatic N) is 2. The Morgan fingerprint density at radius 1 is 1.12 bits per heavy atom. The van der Waals surface area contributed by atoms with Crippen molar-refractivity contribution in [3.05, 3.63) is 88.3 Å². The number of ketones is 1. The number of carbonyl (C=O) groups excluding carboxylic acids is 1. The van der Waals surface area contributed by atoms with Crippen LogP contribution in [0.1, 0.15) is 20.9 Å². The molecule has 0 aliphatic carbocycles. The van der Waals surface area contributed by atoms with Gasteiger partial charge in [-0.05, 0) is 23.8 Å². The highest BCUT2D eigenvalue weighted by molar-refractivity contribution is 7.09. The second-order valence-corrected chi connectivity index (χ2v) is 6.82. The third-order valence-corrected chi connectivity index (χ3v) is 4.93. The largest absolute Gasteiger partial charge is 0.342 e. The Labute approximate surface area is 148 Å². The van der Waals surface area contributed by atoms with E-state index in [0.29, 0.717) is 18.5 Å². The van der Waals surface area contributed by atoms with Crippen LogP contribution in [-0.4, -0.2) is 15.3 Å². The first-order valence-corrected chi connectivity index (χ1v) is 8.82. The monoisotopic (exact) mass is 350 g/mol. The lowest BCUT2D eigenvalue weighted by Crippen LogP contribution is -2.03. The number of halogens is 1. The fraction of sp³-hybridized carbons (Fsp3) is 0.100. The molecule has 0 aliphatic rings. The fourth-order valence-electron chi connectivity index (χ4n) is 2.96. The molecule has 5 heteroatoms. The average Bonchev–Trinajstić information content (AvgIpc) is 3.25. The molecular weight excluding hydrogens is 335 g/mol. The van der Waals surface area contributed by atoms with Crippen molar-refractivity contribution in [3.63, 3.8) is 0 Å². The molecule has 0 radical (unpaired) electrons. The lowest BCUT2D eigenvalue weighted by molar-refractivity contribution is 0.0994. The zero-order valence-electron chi connectivity index (χ0n) is 13.4. The molecule has 0 amide bonds. The standard InChI is InChI=1S/C20H15FN2OS/c21-15-7-5-14(6-8-15)12-23-13-17(16-3-1-2-4-18(16)23)19(24)11-20-22-9-10-25-20/h1-10,13H,11-12H2. The third-order valence-electron chi connectivity index (χ3n) is 4.15. The number of fused-ring (bicyclic) bond motifs is 1. The molecule has 0 N–H and O–H groups in total. The maximum absolute atomic E-state index is 13.1. The van der Waals surface area contributed by atoms with Gasteiger partial charge >= 0.3 is 0 Å². The lowest BCUT2D eigenvalue weighted by atomic mass is 10.1. The Hall–Kier alpha value is -2.79. The average molecular weight is 350 g/mol. The quantitative estimate of drug-likeness (QED) is 0.489. The van der Waals surface area contributed by atoms with Crippen LogP contribution in [0.25, 0.3) is 10.9 Å². The Balaban J connectivity index is 1.70. The number of carbonyl (C=O) groups is 1. The maximum atomic E-state index is 13.1. The molecule has 2 heterocycles. The van der Waals surface area contributed by atoms with E-state index < -0.39 is 0 Å². The Kier molecular flexibility index (Phi) is 4.15. The van der Waals surface area contributed by atoms with E-state index in [1.807, 2.05) is 40.4 Å². The van der Waals surface area contributed by atoms with Crippen molar-refractivity contribution in [2.24, 2.45) is 0 Å². The lowest BCUT2D eigenvalue weighted by Gasteiger charge is -2.05. The van der Waals surface area contributed by atoms with E-state index in [4.69, 9.17) is 0 Å². The molecule has 0 fully saturated rings. The summed E-state index contributed by atoms with van der Waals surface area (Å²) in [5, 5.41) is 3.63. The van der Waals surface area contributed by atoms with Gasteiger partial charge in [-0.2, -0.15) is 0 Å². The van der Waals surface area contributed by atoms with Gasteiger partial charge in [-0.15, -0.1) is 11.3 Å². The highest BCUT2D eigenvalue weighted by Crippen LogP contribution is 2.24. The fourth-order valence-corrected chi connectivity index (χ4v) is 3.57. The van der Waals surface area contributed by atoms with Crippen molar-refractivity contribution in [3.8, 4) is 0 Å². The molecule has 0 unspecified atom stereocenters. The minimum Gasteiger partial charge on any atom is -0.342 e. The van der Waals surface area contributed by atoms with E-state index in [1.54, 1.807) is 18.3 Å². The molecule has 25 heavy (non-hydrogen) atoms. The van der Waals surface area contributed by atoms with E-state index in [0.717, 1.165) is 21.5 Å². The van der Waals surface area contributed by atoms with Crippen LogP contribution in [0.3, 0.4) is 0 Å². The summed E-state index contributed by atoms with van der Waals surface area (Å²) in [4.78, 5) is 16.9. The summed E-state index contributed by atoms with van der Waals surface area (Å²) in [6, 6.07) is 14.3. The molecule has 0 spiro atoms. The van der Waals surface area contributed by atoms with Gasteiger partial charge in [-0.25, -0.2) is 9.37 Å². The van der Waals surface area contributed by atoms with E-state index in [9.17, 15) is 9.18 Å². The van der Waals surface area contributed by atoms with Crippen molar-refractivity contribution in [2.45, 2.75) is 13.0 Å². The number of benzene rings is 2. The highest BCUT2D eigenvalue weighted by atomic mass is 32.1. The van der Waals surface area contributed by atoms with Crippen LogP contribution in [0, 0.1) is 5.82 Å². The predicted octanol–water partition coefficient (Wildman–Crippen LogP) is 4.71. The molecule has 3 nitrogen and oxygen atoms in total. The van der Waals surface area contributed by atoms with Crippen LogP contribution in [0.2, 0.25) is 0 Å². The first-order valence-electron chi connectivity index (χ1n) is 7.94. The van der Waals surface area contributed by atoms with Gasteiger partial charge in [0, 0.05) is 40.8 Å². The molecule has 2 aromatic heterocycles. The molecule has 4 rings (SSSR count). The SMILES string of the molecule is O=C(Cc1nccs1)c1cn(Cc2ccc(F)cc2)c2ccccc12. The summed E-state index contributed by atoms with van der Waals surface area (Å²) < 4.78 is 15.2. The second kappa shape index (κ2) is 6.61. The van der Waals surface area contributed by atoms with E-state index >= 15 is 0 Å². The summed E-state index contributed by atoms with van der Waals surface area (Å²) in [6.07, 6.45) is 3.91. The van der Waals surface area contributed by atoms with Crippen LogP contribution < -0.4 is 0 Å². The van der Waals surface area contributed by atoms with Crippen LogP contribution >= 0.6 is 11.3 Å². The molecule has 0 atom stereocenters. The summed E-state index contributed by atoms with van der Waals surface area (Å²) in [6.45, 7) is 0.589. The Morgan fingerprint density at radius 3 is 2.68 bits per heavy atom. The van der Waals surface area contributed by atoms with Gasteiger partial charge < -0.3 is 4.57 Å². The van der Waals surface area contributed by atoms with Gasteiger partial charge in [-0.1, -0.05) is 30.3 Å². The van der Waals surface area contributed by atoms with Gasteiger partial charge in [0.2, 0.25) is 0 Å². The smallest absolute Gasteiger partial charge is 0.171 e. The summed E-state index contributed by atoms with van der Waals surface area (Å²) in [7, 11) is 0. The Morgan fingerprint density at radius 2 is 1.92 bits per heavy atom. The van der Waals surface area contributed by atoms with Gasteiger partial charge in [-0.3, -0.25) is 4.79 Å². The molecule has 4 aromatic rings. The van der Waals surface area contributed by atoms with Crippen molar-refractivity contribution >= 4 is 28.0 Å². The van der Waals surface area contributed by atoms with Crippen molar-refractivity contribution in [2.75, 3.05) is 0 Å². The van der Waals surface area contributed by atoms with Crippen molar-refractivity contribution in [1.82, 2.24) is 9.55 Å². The van der Waals surface area contributed by atoms with E-state index in [1.165, 1.54) is 23.5 Å². The van der Waals surface area contributed by atoms with Crippen LogP contribution in [0.15, 0.2) is 66.3 Å².